The van der Waals surface area contributed by atoms with Crippen molar-refractivity contribution < 1.29 is 14.3 Å². The molecule has 4 nitrogen and oxygen atoms in total. The van der Waals surface area contributed by atoms with Gasteiger partial charge in [-0.15, -0.1) is 0 Å². The molecule has 162 valence electrons. The highest BCUT2D eigenvalue weighted by Crippen LogP contribution is 2.30. The lowest BCUT2D eigenvalue weighted by Crippen LogP contribution is -2.30. The normalized spacial score (nSPS) is 13.0. The summed E-state index contributed by atoms with van der Waals surface area (Å²) >= 11 is 0. The molecule has 0 saturated heterocycles. The number of esters is 1. The summed E-state index contributed by atoms with van der Waals surface area (Å²) in [5.74, 6) is -0.541. The van der Waals surface area contributed by atoms with Gasteiger partial charge in [-0.1, -0.05) is 80.6 Å². The average molecular weight is 426 g/mol. The topological polar surface area (TPSA) is 55.4 Å². The van der Waals surface area contributed by atoms with Crippen LogP contribution in [0, 0.1) is 0 Å². The van der Waals surface area contributed by atoms with Crippen LogP contribution >= 0.6 is 0 Å². The van der Waals surface area contributed by atoms with Crippen LogP contribution in [-0.2, 0) is 9.53 Å². The molecule has 0 spiro atoms. The minimum absolute atomic E-state index is 0.311. The molecule has 1 amide bonds. The van der Waals surface area contributed by atoms with Gasteiger partial charge in [0.1, 0.15) is 0 Å². The summed E-state index contributed by atoms with van der Waals surface area (Å²) in [5.41, 5.74) is 2.31. The van der Waals surface area contributed by atoms with Gasteiger partial charge in [0.05, 0.1) is 5.56 Å². The van der Waals surface area contributed by atoms with E-state index in [4.69, 9.17) is 4.74 Å². The number of hydrogen-bond acceptors (Lipinski definition) is 3. The first kappa shape index (κ1) is 21.6. The van der Waals surface area contributed by atoms with Gasteiger partial charge in [0.15, 0.2) is 6.10 Å². The second-order valence-electron chi connectivity index (χ2n) is 8.13. The fraction of sp³-hybridized carbons (Fsp3) is 0.214. The number of anilines is 1. The van der Waals surface area contributed by atoms with Crippen molar-refractivity contribution in [1.82, 2.24) is 0 Å². The molecular formula is C28H27NO3. The fourth-order valence-corrected chi connectivity index (χ4v) is 4.00. The third kappa shape index (κ3) is 4.22. The van der Waals surface area contributed by atoms with E-state index < -0.39 is 12.1 Å². The van der Waals surface area contributed by atoms with Crippen LogP contribution in [0.3, 0.4) is 0 Å². The van der Waals surface area contributed by atoms with E-state index in [1.807, 2.05) is 72.8 Å². The van der Waals surface area contributed by atoms with Gasteiger partial charge < -0.3 is 10.1 Å². The van der Waals surface area contributed by atoms with E-state index in [9.17, 15) is 9.59 Å². The molecule has 1 N–H and O–H groups in total. The summed E-state index contributed by atoms with van der Waals surface area (Å²) in [5, 5.41) is 6.48. The molecule has 0 bridgehead atoms. The number of carbonyl (C=O) groups is 2. The molecule has 0 saturated carbocycles. The third-order valence-corrected chi connectivity index (χ3v) is 5.99. The van der Waals surface area contributed by atoms with Crippen LogP contribution in [0.5, 0.6) is 0 Å². The minimum atomic E-state index is -0.940. The molecule has 0 aliphatic carbocycles. The Hall–Kier alpha value is -3.66. The Morgan fingerprint density at radius 2 is 1.41 bits per heavy atom. The second-order valence-corrected chi connectivity index (χ2v) is 8.13. The molecule has 0 aliphatic heterocycles. The van der Waals surface area contributed by atoms with Gasteiger partial charge in [0.2, 0.25) is 0 Å². The number of para-hydroxylation sites is 1. The lowest BCUT2D eigenvalue weighted by Gasteiger charge is -2.19. The Kier molecular flexibility index (Phi) is 6.22. The van der Waals surface area contributed by atoms with Crippen molar-refractivity contribution in [2.75, 3.05) is 5.32 Å². The molecule has 0 radical (unpaired) electrons. The quantitative estimate of drug-likeness (QED) is 0.276. The fourth-order valence-electron chi connectivity index (χ4n) is 4.00. The molecule has 4 aromatic rings. The number of rotatable bonds is 6. The van der Waals surface area contributed by atoms with Crippen LogP contribution in [0.25, 0.3) is 21.5 Å². The molecule has 4 aromatic carbocycles. The number of ether oxygens (including phenoxy) is 1. The molecule has 32 heavy (non-hydrogen) atoms. The van der Waals surface area contributed by atoms with Crippen molar-refractivity contribution >= 4 is 39.1 Å². The van der Waals surface area contributed by atoms with Crippen LogP contribution in [-0.4, -0.2) is 18.0 Å². The van der Waals surface area contributed by atoms with E-state index in [0.717, 1.165) is 39.2 Å². The first-order chi connectivity index (χ1) is 15.5. The van der Waals surface area contributed by atoms with Gasteiger partial charge in [0.25, 0.3) is 5.91 Å². The number of hydrogen-bond donors (Lipinski definition) is 1. The smallest absolute Gasteiger partial charge is 0.340 e. The van der Waals surface area contributed by atoms with Gasteiger partial charge in [-0.25, -0.2) is 4.79 Å². The summed E-state index contributed by atoms with van der Waals surface area (Å²) in [6.45, 7) is 5.84. The van der Waals surface area contributed by atoms with Crippen LogP contribution < -0.4 is 5.32 Å². The number of carbonyl (C=O) groups excluding carboxylic acids is 2. The minimum Gasteiger partial charge on any atom is -0.449 e. The highest BCUT2D eigenvalue weighted by molar-refractivity contribution is 6.17. The van der Waals surface area contributed by atoms with Crippen molar-refractivity contribution in [2.24, 2.45) is 0 Å². The highest BCUT2D eigenvalue weighted by atomic mass is 16.5. The molecule has 2 atom stereocenters. The maximum Gasteiger partial charge on any atom is 0.340 e. The molecule has 4 rings (SSSR count). The molecule has 4 heteroatoms. The Bertz CT molecular complexity index is 1240. The molecule has 0 fully saturated rings. The van der Waals surface area contributed by atoms with Gasteiger partial charge in [-0.05, 0) is 58.5 Å². The Morgan fingerprint density at radius 1 is 0.844 bits per heavy atom. The molecular weight excluding hydrogens is 398 g/mol. The van der Waals surface area contributed by atoms with Crippen molar-refractivity contribution in [3.05, 3.63) is 90.0 Å². The van der Waals surface area contributed by atoms with Gasteiger partial charge in [0, 0.05) is 5.69 Å². The summed E-state index contributed by atoms with van der Waals surface area (Å²) in [7, 11) is 0. The predicted molar refractivity (Wildman–Crippen MR) is 130 cm³/mol. The van der Waals surface area contributed by atoms with Crippen molar-refractivity contribution in [3.8, 4) is 0 Å². The maximum atomic E-state index is 13.3. The van der Waals surface area contributed by atoms with E-state index in [1.165, 1.54) is 0 Å². The second kappa shape index (κ2) is 9.23. The van der Waals surface area contributed by atoms with E-state index in [2.05, 4.69) is 25.2 Å². The molecule has 0 aliphatic rings. The number of nitrogens with one attached hydrogen (secondary N) is 1. The Balaban J connectivity index is 1.61. The Labute approximate surface area is 188 Å². The summed E-state index contributed by atoms with van der Waals surface area (Å²) < 4.78 is 5.66. The highest BCUT2D eigenvalue weighted by Gasteiger charge is 2.23. The standard InChI is InChI=1S/C28H27NO3/c1-4-18(2)22-13-9-10-16-25(22)29-27(30)19(3)32-28(31)26-23-14-7-5-11-20(23)17-21-12-6-8-15-24(21)26/h5-19H,4H2,1-3H3,(H,29,30)/t18-,19+/m1/s1. The van der Waals surface area contributed by atoms with Crippen molar-refractivity contribution in [1.29, 1.82) is 0 Å². The van der Waals surface area contributed by atoms with Crippen molar-refractivity contribution in [2.45, 2.75) is 39.2 Å². The maximum absolute atomic E-state index is 13.3. The van der Waals surface area contributed by atoms with E-state index in [-0.39, 0.29) is 5.91 Å². The van der Waals surface area contributed by atoms with Gasteiger partial charge >= 0.3 is 5.97 Å². The number of fused-ring (bicyclic) bond motifs is 2. The van der Waals surface area contributed by atoms with Crippen LogP contribution in [0.1, 0.15) is 49.0 Å². The molecule has 0 heterocycles. The summed E-state index contributed by atoms with van der Waals surface area (Å²) in [6, 6.07) is 25.3. The number of benzene rings is 4. The predicted octanol–water partition coefficient (Wildman–Crippen LogP) is 6.69. The van der Waals surface area contributed by atoms with Crippen molar-refractivity contribution in [3.63, 3.8) is 0 Å². The first-order valence-corrected chi connectivity index (χ1v) is 11.0. The molecule has 0 unspecified atom stereocenters. The van der Waals surface area contributed by atoms with E-state index in [0.29, 0.717) is 11.5 Å². The monoisotopic (exact) mass is 425 g/mol. The largest absolute Gasteiger partial charge is 0.449 e. The first-order valence-electron chi connectivity index (χ1n) is 11.0. The zero-order valence-corrected chi connectivity index (χ0v) is 18.6. The summed E-state index contributed by atoms with van der Waals surface area (Å²) in [4.78, 5) is 26.1. The molecule has 0 aromatic heterocycles. The summed E-state index contributed by atoms with van der Waals surface area (Å²) in [6.07, 6.45) is 0.0243. The lowest BCUT2D eigenvalue weighted by molar-refractivity contribution is -0.123. The van der Waals surface area contributed by atoms with Gasteiger partial charge in [-0.2, -0.15) is 0 Å². The number of amides is 1. The van der Waals surface area contributed by atoms with Gasteiger partial charge in [-0.3, -0.25) is 4.79 Å². The lowest BCUT2D eigenvalue weighted by atomic mass is 9.96. The Morgan fingerprint density at radius 3 is 2.03 bits per heavy atom. The van der Waals surface area contributed by atoms with E-state index in [1.54, 1.807) is 6.92 Å². The SMILES string of the molecule is CC[C@@H](C)c1ccccc1NC(=O)[C@H](C)OC(=O)c1c2ccccc2cc2ccccc12. The zero-order chi connectivity index (χ0) is 22.7. The average Bonchev–Trinajstić information content (AvgIpc) is 2.82. The zero-order valence-electron chi connectivity index (χ0n) is 18.6. The van der Waals surface area contributed by atoms with E-state index >= 15 is 0 Å². The third-order valence-electron chi connectivity index (χ3n) is 5.99. The van der Waals surface area contributed by atoms with Crippen LogP contribution in [0.2, 0.25) is 0 Å². The van der Waals surface area contributed by atoms with Crippen LogP contribution in [0.15, 0.2) is 78.9 Å². The van der Waals surface area contributed by atoms with Crippen LogP contribution in [0.4, 0.5) is 5.69 Å².